The van der Waals surface area contributed by atoms with Crippen molar-refractivity contribution in [2.45, 2.75) is 33.1 Å². The van der Waals surface area contributed by atoms with Crippen LogP contribution in [0.15, 0.2) is 255 Å². The highest BCUT2D eigenvalue weighted by molar-refractivity contribution is 6.18. The summed E-state index contributed by atoms with van der Waals surface area (Å²) in [7, 11) is 0. The van der Waals surface area contributed by atoms with Gasteiger partial charge in [0.05, 0.1) is 72.3 Å². The molecule has 0 radical (unpaired) electrons. The predicted octanol–water partition coefficient (Wildman–Crippen LogP) is 20.6. The second-order valence-electron chi connectivity index (χ2n) is 24.8. The van der Waals surface area contributed by atoms with Crippen molar-refractivity contribution in [1.29, 1.82) is 5.26 Å². The quantitative estimate of drug-likeness (QED) is 0.172. The number of hydrogen-bond donors (Lipinski definition) is 0. The lowest BCUT2D eigenvalue weighted by Gasteiger charge is -2.31. The minimum Gasteiger partial charge on any atom is -0.306 e. The number of pyridine rings is 1. The van der Waals surface area contributed by atoms with Crippen LogP contribution in [0.3, 0.4) is 0 Å². The van der Waals surface area contributed by atoms with Crippen LogP contribution < -0.4 is 0 Å². The Morgan fingerprint density at radius 1 is 0.315 bits per heavy atom. The number of rotatable bonds is 5. The molecule has 0 amide bonds. The maximum Gasteiger partial charge on any atom is 0.104 e. The van der Waals surface area contributed by atoms with Crippen molar-refractivity contribution in [2.75, 3.05) is 0 Å². The van der Waals surface area contributed by atoms with Crippen molar-refractivity contribution >= 4 is 87.2 Å². The number of fused-ring (bicyclic) bond motifs is 22. The van der Waals surface area contributed by atoms with Gasteiger partial charge in [0, 0.05) is 66.6 Å². The number of nitrogens with zero attached hydrogens (tertiary/aromatic N) is 6. The van der Waals surface area contributed by atoms with Crippen molar-refractivity contribution in [3.8, 4) is 62.2 Å². The molecule has 12 aromatic carbocycles. The molecule has 0 aliphatic heterocycles. The zero-order valence-electron chi connectivity index (χ0n) is 49.4. The maximum atomic E-state index is 13.2. The number of nitriles is 1. The van der Waals surface area contributed by atoms with Crippen LogP contribution in [0.1, 0.15) is 50.1 Å². The summed E-state index contributed by atoms with van der Waals surface area (Å²) in [6.45, 7) is 8.72. The molecule has 2 aliphatic carbocycles. The highest BCUT2D eigenvalue weighted by Crippen LogP contribution is 2.64. The highest BCUT2D eigenvalue weighted by Gasteiger charge is 2.52. The first kappa shape index (κ1) is 49.7. The second kappa shape index (κ2) is 18.0. The Kier molecular flexibility index (Phi) is 10.1. The van der Waals surface area contributed by atoms with Gasteiger partial charge in [-0.05, 0) is 157 Å². The third-order valence-electron chi connectivity index (χ3n) is 19.9. The molecule has 0 fully saturated rings. The van der Waals surface area contributed by atoms with Crippen LogP contribution in [-0.2, 0) is 5.41 Å². The normalized spacial score (nSPS) is 13.0. The Balaban J connectivity index is 1.12. The van der Waals surface area contributed by atoms with Crippen molar-refractivity contribution in [2.24, 2.45) is 0 Å². The lowest BCUT2D eigenvalue weighted by Crippen LogP contribution is -2.25. The van der Waals surface area contributed by atoms with Crippen LogP contribution in [0, 0.1) is 39.0 Å². The average Bonchev–Trinajstić information content (AvgIpc) is 1.65. The average molecular weight is 1140 g/mol. The molecular formula is C83H54N6. The number of hydrogen-bond acceptors (Lipinski definition) is 2. The van der Waals surface area contributed by atoms with Crippen LogP contribution in [0.25, 0.3) is 143 Å². The molecule has 6 heteroatoms. The van der Waals surface area contributed by atoms with E-state index in [1.807, 2.05) is 6.20 Å². The van der Waals surface area contributed by atoms with Gasteiger partial charge >= 0.3 is 0 Å². The fourth-order valence-corrected chi connectivity index (χ4v) is 16.4. The van der Waals surface area contributed by atoms with E-state index in [2.05, 4.69) is 301 Å². The van der Waals surface area contributed by atoms with Gasteiger partial charge in [-0.1, -0.05) is 180 Å². The molecule has 0 saturated heterocycles. The van der Waals surface area contributed by atoms with E-state index >= 15 is 0 Å². The summed E-state index contributed by atoms with van der Waals surface area (Å²) in [5.74, 6) is 0. The van der Waals surface area contributed by atoms with E-state index in [0.717, 1.165) is 143 Å². The topological polar surface area (TPSA) is 56.4 Å². The summed E-state index contributed by atoms with van der Waals surface area (Å²) in [6.07, 6.45) is 4.07. The predicted molar refractivity (Wildman–Crippen MR) is 367 cm³/mol. The van der Waals surface area contributed by atoms with E-state index in [1.165, 1.54) is 44.5 Å². The molecule has 0 N–H and O–H groups in total. The van der Waals surface area contributed by atoms with Gasteiger partial charge in [0.1, 0.15) is 11.6 Å². The van der Waals surface area contributed by atoms with Crippen LogP contribution >= 0.6 is 0 Å². The Hall–Kier alpha value is -11.5. The van der Waals surface area contributed by atoms with Crippen LogP contribution in [0.4, 0.5) is 0 Å². The molecule has 416 valence electrons. The summed E-state index contributed by atoms with van der Waals surface area (Å²) in [6, 6.07) is 93.4. The fourth-order valence-electron chi connectivity index (χ4n) is 16.4. The van der Waals surface area contributed by atoms with E-state index in [0.29, 0.717) is 5.56 Å². The first-order valence-electron chi connectivity index (χ1n) is 30.7. The third-order valence-corrected chi connectivity index (χ3v) is 19.9. The number of benzene rings is 12. The molecule has 0 unspecified atom stereocenters. The first-order valence-corrected chi connectivity index (χ1v) is 30.7. The minimum absolute atomic E-state index is 0.537. The van der Waals surface area contributed by atoms with E-state index in [1.54, 1.807) is 0 Å². The van der Waals surface area contributed by atoms with Crippen LogP contribution in [0.2, 0.25) is 0 Å². The maximum absolute atomic E-state index is 13.2. The smallest absolute Gasteiger partial charge is 0.104 e. The Morgan fingerprint density at radius 3 is 1.08 bits per heavy atom. The van der Waals surface area contributed by atoms with Crippen LogP contribution in [0.5, 0.6) is 0 Å². The SMILES string of the molecule is Cc1ccc2c(c1)c1ccccc1n2-c1c(C#N)c(-n2c3ccccc3c3cc(C)ccc32)c(-n2c3ccccc3c3cc(C)ccc32)c(-c2ccc3c(c2)-c2cnccc2C32c3ccccc3-c3ccccc32)c1-n1c2ccccc2c2cc(C)ccc21. The standard InChI is InChI=1S/C83H54N6/c1-48-29-35-74-60(41-48)55-19-7-13-25-70(55)86(74)79-64(46-84)80(87-71-26-14-8-20-56(71)61-42-49(2)30-36-75(61)87)82(89-73-28-16-10-22-58(73)63-44-51(4)32-38-77(63)89)78(81(79)88-72-27-15-9-21-57(72)62-43-50(3)31-37-76(62)88)52-33-34-68-59(45-52)65-47-85-40-39-69(65)83(68)66-23-11-5-17-53(66)54-18-6-12-24-67(54)83/h5-45,47H,1-4H3. The summed E-state index contributed by atoms with van der Waals surface area (Å²) in [5.41, 5.74) is 27.8. The molecule has 17 aromatic rings. The molecular weight excluding hydrogens is 1080 g/mol. The van der Waals surface area contributed by atoms with Gasteiger partial charge in [-0.2, -0.15) is 5.26 Å². The van der Waals surface area contributed by atoms with Gasteiger partial charge in [0.15, 0.2) is 0 Å². The Bertz CT molecular complexity index is 5760. The minimum atomic E-state index is -0.608. The molecule has 0 bridgehead atoms. The van der Waals surface area contributed by atoms with E-state index < -0.39 is 5.41 Å². The highest BCUT2D eigenvalue weighted by atomic mass is 15.1. The number of aromatic nitrogens is 5. The van der Waals surface area contributed by atoms with Gasteiger partial charge in [0.25, 0.3) is 0 Å². The van der Waals surface area contributed by atoms with Gasteiger partial charge in [-0.15, -0.1) is 0 Å². The fraction of sp³-hybridized carbons (Fsp3) is 0.0602. The number of aryl methyl sites for hydroxylation is 4. The first-order chi connectivity index (χ1) is 43.8. The Morgan fingerprint density at radius 2 is 0.663 bits per heavy atom. The van der Waals surface area contributed by atoms with E-state index in [4.69, 9.17) is 4.98 Å². The molecule has 5 heterocycles. The molecule has 19 rings (SSSR count). The Labute approximate surface area is 513 Å². The number of para-hydroxylation sites is 4. The molecule has 2 aliphatic rings. The van der Waals surface area contributed by atoms with Gasteiger partial charge in [-0.3, -0.25) is 4.98 Å². The molecule has 6 nitrogen and oxygen atoms in total. The molecule has 1 spiro atoms. The molecule has 0 atom stereocenters. The summed E-state index contributed by atoms with van der Waals surface area (Å²) < 4.78 is 9.90. The van der Waals surface area contributed by atoms with Crippen molar-refractivity contribution < 1.29 is 0 Å². The van der Waals surface area contributed by atoms with Gasteiger partial charge in [0.2, 0.25) is 0 Å². The van der Waals surface area contributed by atoms with Gasteiger partial charge < -0.3 is 18.3 Å². The second-order valence-corrected chi connectivity index (χ2v) is 24.8. The summed E-state index contributed by atoms with van der Waals surface area (Å²) in [4.78, 5) is 4.99. The monoisotopic (exact) mass is 1130 g/mol. The summed E-state index contributed by atoms with van der Waals surface area (Å²) >= 11 is 0. The van der Waals surface area contributed by atoms with Crippen LogP contribution in [-0.4, -0.2) is 23.3 Å². The van der Waals surface area contributed by atoms with Crippen molar-refractivity contribution in [3.05, 3.63) is 305 Å². The lowest BCUT2D eigenvalue weighted by atomic mass is 9.70. The zero-order valence-corrected chi connectivity index (χ0v) is 49.4. The van der Waals surface area contributed by atoms with Crippen molar-refractivity contribution in [1.82, 2.24) is 23.3 Å². The molecule has 5 aromatic heterocycles. The zero-order chi connectivity index (χ0) is 59.1. The van der Waals surface area contributed by atoms with Crippen molar-refractivity contribution in [3.63, 3.8) is 0 Å². The van der Waals surface area contributed by atoms with Gasteiger partial charge in [-0.25, -0.2) is 0 Å². The lowest BCUT2D eigenvalue weighted by molar-refractivity contribution is 0.792. The molecule has 89 heavy (non-hydrogen) atoms. The largest absolute Gasteiger partial charge is 0.306 e. The summed E-state index contributed by atoms with van der Waals surface area (Å²) in [5, 5.41) is 22.2. The van der Waals surface area contributed by atoms with E-state index in [9.17, 15) is 5.26 Å². The third kappa shape index (κ3) is 6.45. The molecule has 0 saturated carbocycles. The van der Waals surface area contributed by atoms with E-state index in [-0.39, 0.29) is 0 Å².